The number of nitrogens with one attached hydrogen (secondary N) is 1. The Bertz CT molecular complexity index is 378. The first-order chi connectivity index (χ1) is 7.76. The van der Waals surface area contributed by atoms with Gasteiger partial charge in [-0.25, -0.2) is 8.42 Å². The number of hydrogen-bond acceptors (Lipinski definition) is 3. The number of amides is 1. The SMILES string of the molecule is CC(C)(CCBr)CNC(=O)C1CCS(=O)(=O)C1. The zero-order valence-electron chi connectivity index (χ0n) is 10.3. The summed E-state index contributed by atoms with van der Waals surface area (Å²) in [6.07, 6.45) is 1.43. The number of sulfone groups is 1. The highest BCUT2D eigenvalue weighted by Gasteiger charge is 2.33. The second-order valence-corrected chi connectivity index (χ2v) is 8.44. The summed E-state index contributed by atoms with van der Waals surface area (Å²) >= 11 is 3.38. The van der Waals surface area contributed by atoms with E-state index in [0.717, 1.165) is 11.8 Å². The molecule has 0 spiro atoms. The van der Waals surface area contributed by atoms with E-state index in [2.05, 4.69) is 35.1 Å². The molecule has 0 aliphatic carbocycles. The number of carbonyl (C=O) groups is 1. The molecule has 1 aliphatic rings. The minimum Gasteiger partial charge on any atom is -0.355 e. The van der Waals surface area contributed by atoms with Crippen molar-refractivity contribution in [2.75, 3.05) is 23.4 Å². The first-order valence-electron chi connectivity index (χ1n) is 5.80. The maximum absolute atomic E-state index is 11.8. The molecule has 0 aromatic carbocycles. The maximum atomic E-state index is 11.8. The van der Waals surface area contributed by atoms with Crippen molar-refractivity contribution < 1.29 is 13.2 Å². The molecule has 0 aromatic heterocycles. The number of alkyl halides is 1. The van der Waals surface area contributed by atoms with Crippen molar-refractivity contribution in [2.45, 2.75) is 26.7 Å². The fraction of sp³-hybridized carbons (Fsp3) is 0.909. The monoisotopic (exact) mass is 325 g/mol. The van der Waals surface area contributed by atoms with Gasteiger partial charge in [0.15, 0.2) is 9.84 Å². The van der Waals surface area contributed by atoms with Crippen LogP contribution in [0.15, 0.2) is 0 Å². The molecule has 6 heteroatoms. The van der Waals surface area contributed by atoms with Gasteiger partial charge in [-0.2, -0.15) is 0 Å². The Balaban J connectivity index is 2.41. The third kappa shape index (κ3) is 4.95. The summed E-state index contributed by atoms with van der Waals surface area (Å²) in [4.78, 5) is 11.8. The molecular formula is C11H20BrNO3S. The fourth-order valence-electron chi connectivity index (χ4n) is 1.82. The van der Waals surface area contributed by atoms with Crippen LogP contribution in [0.25, 0.3) is 0 Å². The lowest BCUT2D eigenvalue weighted by molar-refractivity contribution is -0.124. The molecule has 1 fully saturated rings. The summed E-state index contributed by atoms with van der Waals surface area (Å²) in [6, 6.07) is 0. The van der Waals surface area contributed by atoms with E-state index in [9.17, 15) is 13.2 Å². The highest BCUT2D eigenvalue weighted by atomic mass is 79.9. The van der Waals surface area contributed by atoms with Crippen LogP contribution in [0.3, 0.4) is 0 Å². The summed E-state index contributed by atoms with van der Waals surface area (Å²) in [7, 11) is -2.97. The summed E-state index contributed by atoms with van der Waals surface area (Å²) < 4.78 is 22.5. The largest absolute Gasteiger partial charge is 0.355 e. The number of rotatable bonds is 5. The average molecular weight is 326 g/mol. The van der Waals surface area contributed by atoms with Gasteiger partial charge in [0.05, 0.1) is 17.4 Å². The van der Waals surface area contributed by atoms with Crippen LogP contribution in [0.5, 0.6) is 0 Å². The molecule has 1 saturated heterocycles. The molecule has 1 atom stereocenters. The van der Waals surface area contributed by atoms with Gasteiger partial charge in [0.2, 0.25) is 5.91 Å². The predicted molar refractivity (Wildman–Crippen MR) is 72.0 cm³/mol. The first-order valence-corrected chi connectivity index (χ1v) is 8.74. The van der Waals surface area contributed by atoms with E-state index in [1.807, 2.05) is 0 Å². The molecule has 1 N–H and O–H groups in total. The Morgan fingerprint density at radius 1 is 1.47 bits per heavy atom. The average Bonchev–Trinajstić information content (AvgIpc) is 2.55. The molecule has 4 nitrogen and oxygen atoms in total. The summed E-state index contributed by atoms with van der Waals surface area (Å²) in [6.45, 7) is 4.76. The lowest BCUT2D eigenvalue weighted by atomic mass is 9.90. The van der Waals surface area contributed by atoms with Gasteiger partial charge in [-0.15, -0.1) is 0 Å². The summed E-state index contributed by atoms with van der Waals surface area (Å²) in [5.74, 6) is -0.304. The Hall–Kier alpha value is -0.100. The van der Waals surface area contributed by atoms with E-state index in [-0.39, 0.29) is 28.7 Å². The number of carbonyl (C=O) groups excluding carboxylic acids is 1. The van der Waals surface area contributed by atoms with Crippen molar-refractivity contribution >= 4 is 31.7 Å². The topological polar surface area (TPSA) is 63.2 Å². The molecule has 100 valence electrons. The van der Waals surface area contributed by atoms with Gasteiger partial charge >= 0.3 is 0 Å². The van der Waals surface area contributed by atoms with Crippen molar-refractivity contribution in [3.05, 3.63) is 0 Å². The second kappa shape index (κ2) is 5.69. The van der Waals surface area contributed by atoms with Crippen LogP contribution in [-0.2, 0) is 14.6 Å². The zero-order valence-corrected chi connectivity index (χ0v) is 12.7. The molecular weight excluding hydrogens is 306 g/mol. The van der Waals surface area contributed by atoms with Crippen LogP contribution in [0, 0.1) is 11.3 Å². The van der Waals surface area contributed by atoms with Crippen LogP contribution < -0.4 is 5.32 Å². The predicted octanol–water partition coefficient (Wildman–Crippen LogP) is 1.35. The van der Waals surface area contributed by atoms with Gasteiger partial charge in [-0.05, 0) is 18.3 Å². The molecule has 0 saturated carbocycles. The maximum Gasteiger partial charge on any atom is 0.224 e. The highest BCUT2D eigenvalue weighted by Crippen LogP contribution is 2.22. The van der Waals surface area contributed by atoms with Crippen LogP contribution in [0.1, 0.15) is 26.7 Å². The van der Waals surface area contributed by atoms with Crippen molar-refractivity contribution in [1.29, 1.82) is 0 Å². The van der Waals surface area contributed by atoms with E-state index in [0.29, 0.717) is 13.0 Å². The highest BCUT2D eigenvalue weighted by molar-refractivity contribution is 9.09. The number of halogens is 1. The van der Waals surface area contributed by atoms with Gasteiger partial charge in [-0.1, -0.05) is 29.8 Å². The third-order valence-electron chi connectivity index (χ3n) is 3.12. The minimum absolute atomic E-state index is 0.0116. The van der Waals surface area contributed by atoms with Gasteiger partial charge in [0.1, 0.15) is 0 Å². The van der Waals surface area contributed by atoms with Crippen molar-refractivity contribution in [3.8, 4) is 0 Å². The van der Waals surface area contributed by atoms with E-state index < -0.39 is 9.84 Å². The van der Waals surface area contributed by atoms with E-state index in [4.69, 9.17) is 0 Å². The summed E-state index contributed by atoms with van der Waals surface area (Å²) in [5.41, 5.74) is 0.0383. The van der Waals surface area contributed by atoms with Crippen LogP contribution in [0.2, 0.25) is 0 Å². The third-order valence-corrected chi connectivity index (χ3v) is 5.28. The Kier molecular flexibility index (Phi) is 5.01. The van der Waals surface area contributed by atoms with Crippen molar-refractivity contribution in [3.63, 3.8) is 0 Å². The molecule has 0 radical (unpaired) electrons. The molecule has 0 aromatic rings. The van der Waals surface area contributed by atoms with Gasteiger partial charge in [0, 0.05) is 11.9 Å². The van der Waals surface area contributed by atoms with Crippen LogP contribution in [0.4, 0.5) is 0 Å². The number of hydrogen-bond donors (Lipinski definition) is 1. The Morgan fingerprint density at radius 3 is 2.59 bits per heavy atom. The van der Waals surface area contributed by atoms with Crippen molar-refractivity contribution in [2.24, 2.45) is 11.3 Å². The van der Waals surface area contributed by atoms with Crippen molar-refractivity contribution in [1.82, 2.24) is 5.32 Å². The molecule has 1 rings (SSSR count). The molecule has 17 heavy (non-hydrogen) atoms. The van der Waals surface area contributed by atoms with E-state index >= 15 is 0 Å². The standard InChI is InChI=1S/C11H20BrNO3S/c1-11(2,4-5-12)8-13-10(14)9-3-6-17(15,16)7-9/h9H,3-8H2,1-2H3,(H,13,14). The molecule has 0 bridgehead atoms. The summed E-state index contributed by atoms with van der Waals surface area (Å²) in [5, 5.41) is 3.76. The normalized spacial score (nSPS) is 23.6. The molecule has 1 unspecified atom stereocenters. The smallest absolute Gasteiger partial charge is 0.224 e. The Labute approximate surface area is 112 Å². The molecule has 1 heterocycles. The fourth-order valence-corrected chi connectivity index (χ4v) is 4.63. The second-order valence-electron chi connectivity index (χ2n) is 5.42. The molecule has 1 aliphatic heterocycles. The zero-order chi connectivity index (χ0) is 13.1. The Morgan fingerprint density at radius 2 is 2.12 bits per heavy atom. The van der Waals surface area contributed by atoms with Gasteiger partial charge < -0.3 is 5.32 Å². The first kappa shape index (κ1) is 15.0. The van der Waals surface area contributed by atoms with Crippen LogP contribution >= 0.6 is 15.9 Å². The van der Waals surface area contributed by atoms with Crippen LogP contribution in [-0.4, -0.2) is 37.7 Å². The lowest BCUT2D eigenvalue weighted by Gasteiger charge is -2.24. The lowest BCUT2D eigenvalue weighted by Crippen LogP contribution is -2.38. The minimum atomic E-state index is -2.97. The molecule has 1 amide bonds. The van der Waals surface area contributed by atoms with Gasteiger partial charge in [-0.3, -0.25) is 4.79 Å². The van der Waals surface area contributed by atoms with E-state index in [1.54, 1.807) is 0 Å². The van der Waals surface area contributed by atoms with Gasteiger partial charge in [0.25, 0.3) is 0 Å². The van der Waals surface area contributed by atoms with E-state index in [1.165, 1.54) is 0 Å². The quantitative estimate of drug-likeness (QED) is 0.776.